The number of pyridine rings is 2. The molecule has 4 aliphatic rings. The molecule has 2 aromatic rings. The zero-order chi connectivity index (χ0) is 21.3. The molecule has 2 aromatic heterocycles. The number of aromatic nitrogens is 2. The summed E-state index contributed by atoms with van der Waals surface area (Å²) in [5, 5.41) is 9.33. The number of hydrogen-bond acceptors (Lipinski definition) is 5. The van der Waals surface area contributed by atoms with Crippen molar-refractivity contribution in [3.63, 3.8) is 0 Å². The number of fused-ring (bicyclic) bond motifs is 4. The monoisotopic (exact) mass is 419 g/mol. The van der Waals surface area contributed by atoms with Crippen molar-refractivity contribution < 1.29 is 9.59 Å². The summed E-state index contributed by atoms with van der Waals surface area (Å²) in [7, 11) is 0. The van der Waals surface area contributed by atoms with Crippen molar-refractivity contribution in [1.29, 1.82) is 0 Å². The van der Waals surface area contributed by atoms with Gasteiger partial charge in [0, 0.05) is 30.3 Å². The highest BCUT2D eigenvalue weighted by Crippen LogP contribution is 2.41. The first-order valence-electron chi connectivity index (χ1n) is 11.2. The van der Waals surface area contributed by atoms with Crippen LogP contribution in [0, 0.1) is 12.8 Å². The Morgan fingerprint density at radius 2 is 2.00 bits per heavy atom. The quantitative estimate of drug-likeness (QED) is 0.592. The van der Waals surface area contributed by atoms with E-state index in [9.17, 15) is 14.4 Å². The third-order valence-electron chi connectivity index (χ3n) is 7.23. The van der Waals surface area contributed by atoms with E-state index >= 15 is 0 Å². The van der Waals surface area contributed by atoms with Crippen LogP contribution in [0.25, 0.3) is 0 Å². The van der Waals surface area contributed by atoms with Crippen molar-refractivity contribution in [3.8, 4) is 0 Å². The number of rotatable bonds is 2. The molecule has 4 heterocycles. The normalized spacial score (nSPS) is 20.4. The van der Waals surface area contributed by atoms with Crippen LogP contribution in [0.3, 0.4) is 0 Å². The Hall–Kier alpha value is -3.16. The van der Waals surface area contributed by atoms with Gasteiger partial charge in [0.05, 0.1) is 0 Å². The fraction of sp³-hybridized carbons (Fsp3) is 0.478. The minimum atomic E-state index is -0.606. The van der Waals surface area contributed by atoms with Gasteiger partial charge in [-0.3, -0.25) is 19.0 Å². The van der Waals surface area contributed by atoms with Crippen LogP contribution >= 0.6 is 0 Å². The lowest BCUT2D eigenvalue weighted by atomic mass is 9.88. The summed E-state index contributed by atoms with van der Waals surface area (Å²) in [6, 6.07) is 1.80. The molecule has 160 valence electrons. The molecule has 0 atom stereocenters. The van der Waals surface area contributed by atoms with Gasteiger partial charge >= 0.3 is 0 Å². The first-order valence-corrected chi connectivity index (χ1v) is 11.2. The summed E-state index contributed by atoms with van der Waals surface area (Å²) in [4.78, 5) is 43.1. The first-order chi connectivity index (χ1) is 15.0. The van der Waals surface area contributed by atoms with Crippen LogP contribution in [0.2, 0.25) is 0 Å². The van der Waals surface area contributed by atoms with E-state index in [1.807, 2.05) is 6.92 Å². The number of carbonyl (C=O) groups is 2. The second-order valence-electron chi connectivity index (χ2n) is 9.31. The molecule has 0 unspecified atom stereocenters. The van der Waals surface area contributed by atoms with Gasteiger partial charge in [0.2, 0.25) is 5.91 Å². The molecule has 0 bridgehead atoms. The Bertz CT molecular complexity index is 1200. The van der Waals surface area contributed by atoms with E-state index in [0.29, 0.717) is 23.6 Å². The lowest BCUT2D eigenvalue weighted by molar-refractivity contribution is -0.117. The van der Waals surface area contributed by atoms with Gasteiger partial charge in [0.1, 0.15) is 22.9 Å². The molecular formula is C23H25N5O3. The van der Waals surface area contributed by atoms with E-state index in [-0.39, 0.29) is 23.3 Å². The number of amides is 2. The van der Waals surface area contributed by atoms with Gasteiger partial charge in [0.25, 0.3) is 11.5 Å². The highest BCUT2D eigenvalue weighted by Gasteiger charge is 2.46. The SMILES string of the molecule is Cc1c2c(c(=O)n3c1C(=O)NC31CCCCC1)Nc1cc(NC(=O)C3CC3)ncc1C2. The molecule has 0 saturated heterocycles. The Balaban J connectivity index is 1.43. The van der Waals surface area contributed by atoms with Gasteiger partial charge in [-0.25, -0.2) is 4.98 Å². The lowest BCUT2D eigenvalue weighted by Crippen LogP contribution is -2.49. The van der Waals surface area contributed by atoms with Crippen molar-refractivity contribution in [2.24, 2.45) is 5.92 Å². The van der Waals surface area contributed by atoms with Gasteiger partial charge in [-0.15, -0.1) is 0 Å². The van der Waals surface area contributed by atoms with E-state index < -0.39 is 5.66 Å². The fourth-order valence-electron chi connectivity index (χ4n) is 5.39. The van der Waals surface area contributed by atoms with E-state index in [0.717, 1.165) is 67.3 Å². The summed E-state index contributed by atoms with van der Waals surface area (Å²) >= 11 is 0. The third-order valence-corrected chi connectivity index (χ3v) is 7.23. The predicted molar refractivity (Wildman–Crippen MR) is 116 cm³/mol. The number of nitrogens with zero attached hydrogens (tertiary/aromatic N) is 2. The van der Waals surface area contributed by atoms with E-state index in [2.05, 4.69) is 20.9 Å². The molecule has 3 N–H and O–H groups in total. The zero-order valence-corrected chi connectivity index (χ0v) is 17.5. The summed E-state index contributed by atoms with van der Waals surface area (Å²) in [5.74, 6) is 0.436. The molecule has 1 spiro atoms. The molecule has 2 saturated carbocycles. The largest absolute Gasteiger partial charge is 0.350 e. The molecule has 8 heteroatoms. The Kier molecular flexibility index (Phi) is 3.85. The first kappa shape index (κ1) is 18.6. The predicted octanol–water partition coefficient (Wildman–Crippen LogP) is 2.91. The van der Waals surface area contributed by atoms with Gasteiger partial charge < -0.3 is 16.0 Å². The molecule has 2 aliphatic carbocycles. The number of carbonyl (C=O) groups excluding carboxylic acids is 2. The number of anilines is 3. The average molecular weight is 419 g/mol. The Morgan fingerprint density at radius 3 is 2.74 bits per heavy atom. The Labute approximate surface area is 179 Å². The van der Waals surface area contributed by atoms with Gasteiger partial charge in [-0.05, 0) is 62.1 Å². The van der Waals surface area contributed by atoms with Gasteiger partial charge in [-0.2, -0.15) is 0 Å². The molecule has 31 heavy (non-hydrogen) atoms. The van der Waals surface area contributed by atoms with E-state index in [1.54, 1.807) is 16.8 Å². The summed E-state index contributed by atoms with van der Waals surface area (Å²) < 4.78 is 1.72. The smallest absolute Gasteiger partial charge is 0.277 e. The van der Waals surface area contributed by atoms with Crippen LogP contribution in [0.5, 0.6) is 0 Å². The van der Waals surface area contributed by atoms with Crippen LogP contribution in [0.4, 0.5) is 17.2 Å². The van der Waals surface area contributed by atoms with Gasteiger partial charge in [0.15, 0.2) is 0 Å². The van der Waals surface area contributed by atoms with Crippen LogP contribution in [-0.2, 0) is 16.9 Å². The fourth-order valence-corrected chi connectivity index (χ4v) is 5.39. The van der Waals surface area contributed by atoms with Crippen molar-refractivity contribution in [1.82, 2.24) is 14.9 Å². The summed E-state index contributed by atoms with van der Waals surface area (Å²) in [5.41, 5.74) is 3.68. The standard InChI is InChI=1S/C23H25N5O3/c1-12-15-9-14-11-24-17(26-20(29)13-5-6-13)10-16(14)25-18(15)22(31)28-19(12)21(30)27-23(28)7-3-2-4-8-23/h10-11,13,25H,2-9H2,1H3,(H,27,30)(H,24,26,29). The van der Waals surface area contributed by atoms with Crippen LogP contribution < -0.4 is 21.5 Å². The van der Waals surface area contributed by atoms with Crippen molar-refractivity contribution in [2.45, 2.75) is 64.0 Å². The maximum atomic E-state index is 13.7. The molecule has 8 nitrogen and oxygen atoms in total. The van der Waals surface area contributed by atoms with Crippen molar-refractivity contribution >= 4 is 29.0 Å². The number of hydrogen-bond donors (Lipinski definition) is 3. The van der Waals surface area contributed by atoms with E-state index in [4.69, 9.17) is 0 Å². The van der Waals surface area contributed by atoms with Crippen LogP contribution in [-0.4, -0.2) is 21.4 Å². The van der Waals surface area contributed by atoms with Crippen LogP contribution in [0.1, 0.15) is 72.1 Å². The molecule has 2 aliphatic heterocycles. The van der Waals surface area contributed by atoms with Gasteiger partial charge in [-0.1, -0.05) is 6.42 Å². The highest BCUT2D eigenvalue weighted by atomic mass is 16.2. The highest BCUT2D eigenvalue weighted by molar-refractivity contribution is 5.98. The molecule has 6 rings (SSSR count). The minimum Gasteiger partial charge on any atom is -0.350 e. The molecule has 0 radical (unpaired) electrons. The topological polar surface area (TPSA) is 105 Å². The third kappa shape index (κ3) is 2.73. The van der Waals surface area contributed by atoms with Crippen molar-refractivity contribution in [2.75, 3.05) is 10.6 Å². The average Bonchev–Trinajstić information content (AvgIpc) is 3.57. The maximum absolute atomic E-state index is 13.7. The number of nitrogens with one attached hydrogen (secondary N) is 3. The second-order valence-corrected chi connectivity index (χ2v) is 9.31. The van der Waals surface area contributed by atoms with Crippen molar-refractivity contribution in [3.05, 3.63) is 45.0 Å². The van der Waals surface area contributed by atoms with E-state index in [1.165, 1.54) is 0 Å². The molecule has 2 amide bonds. The molecular weight excluding hydrogens is 394 g/mol. The summed E-state index contributed by atoms with van der Waals surface area (Å²) in [6.45, 7) is 1.93. The van der Waals surface area contributed by atoms with Crippen LogP contribution in [0.15, 0.2) is 17.1 Å². The lowest BCUT2D eigenvalue weighted by Gasteiger charge is -2.36. The minimum absolute atomic E-state index is 0.00113. The molecule has 2 fully saturated rings. The molecule has 0 aromatic carbocycles. The second kappa shape index (κ2) is 6.42. The zero-order valence-electron chi connectivity index (χ0n) is 17.5. The maximum Gasteiger partial charge on any atom is 0.277 e. The Morgan fingerprint density at radius 1 is 1.23 bits per heavy atom. The summed E-state index contributed by atoms with van der Waals surface area (Å²) in [6.07, 6.45) is 8.79.